The second kappa shape index (κ2) is 8.30. The molecule has 2 aliphatic carbocycles. The number of hydrogen-bond donors (Lipinski definition) is 1. The van der Waals surface area contributed by atoms with E-state index in [9.17, 15) is 9.59 Å². The minimum atomic E-state index is -0.0608. The predicted octanol–water partition coefficient (Wildman–Crippen LogP) is 4.23. The van der Waals surface area contributed by atoms with Crippen LogP contribution in [0.25, 0.3) is 10.2 Å². The number of fused-ring (bicyclic) bond motifs is 3. The summed E-state index contributed by atoms with van der Waals surface area (Å²) in [6, 6.07) is 3.69. The van der Waals surface area contributed by atoms with Crippen molar-refractivity contribution in [3.63, 3.8) is 0 Å². The number of thiophene rings is 1. The molecule has 1 amide bonds. The molecule has 0 unspecified atom stereocenters. The molecule has 0 spiro atoms. The lowest BCUT2D eigenvalue weighted by Gasteiger charge is -2.34. The highest BCUT2D eigenvalue weighted by Crippen LogP contribution is 2.33. The predicted molar refractivity (Wildman–Crippen MR) is 118 cm³/mol. The molecule has 1 fully saturated rings. The lowest BCUT2D eigenvalue weighted by molar-refractivity contribution is 0.0607. The van der Waals surface area contributed by atoms with Gasteiger partial charge < -0.3 is 9.88 Å². The smallest absolute Gasteiger partial charge is 0.259 e. The second-order valence-corrected chi connectivity index (χ2v) is 9.45. The first-order valence-electron chi connectivity index (χ1n) is 10.9. The van der Waals surface area contributed by atoms with Crippen molar-refractivity contribution in [3.8, 4) is 0 Å². The molecule has 3 aromatic rings. The van der Waals surface area contributed by atoms with Gasteiger partial charge in [0.25, 0.3) is 11.5 Å². The number of pyridine rings is 1. The van der Waals surface area contributed by atoms with E-state index in [-0.39, 0.29) is 17.5 Å². The van der Waals surface area contributed by atoms with E-state index in [4.69, 9.17) is 4.98 Å². The normalized spacial score (nSPS) is 17.1. The summed E-state index contributed by atoms with van der Waals surface area (Å²) in [5, 5.41) is 0.767. The summed E-state index contributed by atoms with van der Waals surface area (Å²) in [4.78, 5) is 42.1. The van der Waals surface area contributed by atoms with E-state index in [1.54, 1.807) is 35.9 Å². The zero-order valence-corrected chi connectivity index (χ0v) is 17.8. The highest BCUT2D eigenvalue weighted by atomic mass is 32.1. The molecule has 7 heteroatoms. The average Bonchev–Trinajstić information content (AvgIpc) is 3.17. The monoisotopic (exact) mass is 422 g/mol. The highest BCUT2D eigenvalue weighted by molar-refractivity contribution is 7.18. The van der Waals surface area contributed by atoms with Crippen LogP contribution < -0.4 is 5.56 Å². The first-order chi connectivity index (χ1) is 14.7. The fourth-order valence-electron chi connectivity index (χ4n) is 4.86. The van der Waals surface area contributed by atoms with Crippen LogP contribution in [0.1, 0.15) is 71.6 Å². The topological polar surface area (TPSA) is 79.0 Å². The number of H-pyrrole nitrogens is 1. The lowest BCUT2D eigenvalue weighted by atomic mass is 9.93. The molecule has 0 aromatic carbocycles. The van der Waals surface area contributed by atoms with Gasteiger partial charge in [0.05, 0.1) is 11.9 Å². The molecule has 3 aromatic heterocycles. The van der Waals surface area contributed by atoms with Crippen molar-refractivity contribution < 1.29 is 4.79 Å². The Kier molecular flexibility index (Phi) is 5.37. The molecule has 30 heavy (non-hydrogen) atoms. The van der Waals surface area contributed by atoms with Gasteiger partial charge in [0.1, 0.15) is 10.7 Å². The van der Waals surface area contributed by atoms with Crippen LogP contribution in [-0.4, -0.2) is 31.8 Å². The van der Waals surface area contributed by atoms with Gasteiger partial charge in [0.2, 0.25) is 0 Å². The van der Waals surface area contributed by atoms with Gasteiger partial charge in [0, 0.05) is 28.9 Å². The molecule has 0 aliphatic heterocycles. The lowest BCUT2D eigenvalue weighted by Crippen LogP contribution is -2.41. The number of aromatic nitrogens is 3. The fraction of sp³-hybridized carbons (Fsp3) is 0.478. The van der Waals surface area contributed by atoms with Crippen molar-refractivity contribution in [1.82, 2.24) is 19.9 Å². The number of amides is 1. The summed E-state index contributed by atoms with van der Waals surface area (Å²) in [5.41, 5.74) is 1.76. The van der Waals surface area contributed by atoms with Crippen LogP contribution in [0.15, 0.2) is 29.3 Å². The Bertz CT molecular complexity index is 1120. The maximum Gasteiger partial charge on any atom is 0.259 e. The van der Waals surface area contributed by atoms with Gasteiger partial charge >= 0.3 is 0 Å². The third kappa shape index (κ3) is 3.67. The standard InChI is InChI=1S/C23H26N4O2S/c28-21-20-17-8-4-5-9-18(17)30-22(20)26-19(25-21)14-27(16-6-2-1-3-7-16)23(29)15-10-12-24-13-11-15/h10-13,16H,1-9,14H2,(H,25,26,28). The Hall–Kier alpha value is -2.54. The fourth-order valence-corrected chi connectivity index (χ4v) is 6.15. The van der Waals surface area contributed by atoms with Gasteiger partial charge in [-0.3, -0.25) is 14.6 Å². The van der Waals surface area contributed by atoms with Crippen molar-refractivity contribution in [2.75, 3.05) is 0 Å². The van der Waals surface area contributed by atoms with Crippen molar-refractivity contribution in [2.24, 2.45) is 0 Å². The zero-order valence-electron chi connectivity index (χ0n) is 17.0. The number of carbonyl (C=O) groups is 1. The summed E-state index contributed by atoms with van der Waals surface area (Å²) >= 11 is 1.65. The van der Waals surface area contributed by atoms with Gasteiger partial charge in [-0.05, 0) is 56.2 Å². The molecule has 1 N–H and O–H groups in total. The van der Waals surface area contributed by atoms with E-state index in [2.05, 4.69) is 9.97 Å². The van der Waals surface area contributed by atoms with E-state index in [1.165, 1.54) is 23.3 Å². The molecular weight excluding hydrogens is 396 g/mol. The molecule has 6 nitrogen and oxygen atoms in total. The van der Waals surface area contributed by atoms with E-state index >= 15 is 0 Å². The summed E-state index contributed by atoms with van der Waals surface area (Å²) in [6.07, 6.45) is 13.1. The van der Waals surface area contributed by atoms with Crippen molar-refractivity contribution in [1.29, 1.82) is 0 Å². The number of nitrogens with zero attached hydrogens (tertiary/aromatic N) is 3. The maximum atomic E-state index is 13.3. The number of nitrogens with one attached hydrogen (secondary N) is 1. The number of carbonyl (C=O) groups excluding carboxylic acids is 1. The van der Waals surface area contributed by atoms with Crippen molar-refractivity contribution in [3.05, 3.63) is 56.7 Å². The van der Waals surface area contributed by atoms with Crippen LogP contribution in [0.3, 0.4) is 0 Å². The Morgan fingerprint density at radius 3 is 2.67 bits per heavy atom. The Labute approximate surface area is 179 Å². The molecule has 3 heterocycles. The summed E-state index contributed by atoms with van der Waals surface area (Å²) in [7, 11) is 0. The van der Waals surface area contributed by atoms with Crippen LogP contribution in [-0.2, 0) is 19.4 Å². The van der Waals surface area contributed by atoms with Crippen LogP contribution in [0, 0.1) is 0 Å². The van der Waals surface area contributed by atoms with Crippen LogP contribution >= 0.6 is 11.3 Å². The molecule has 0 atom stereocenters. The first-order valence-corrected chi connectivity index (χ1v) is 11.8. The number of aryl methyl sites for hydroxylation is 2. The Morgan fingerprint density at radius 2 is 1.87 bits per heavy atom. The molecule has 5 rings (SSSR count). The summed E-state index contributed by atoms with van der Waals surface area (Å²) in [5.74, 6) is 0.566. The molecule has 156 valence electrons. The molecule has 0 saturated heterocycles. The number of aromatic amines is 1. The zero-order chi connectivity index (χ0) is 20.5. The minimum Gasteiger partial charge on any atom is -0.328 e. The highest BCUT2D eigenvalue weighted by Gasteiger charge is 2.28. The summed E-state index contributed by atoms with van der Waals surface area (Å²) in [6.45, 7) is 0.333. The molecular formula is C23H26N4O2S. The molecule has 0 bridgehead atoms. The van der Waals surface area contributed by atoms with E-state index < -0.39 is 0 Å². The van der Waals surface area contributed by atoms with Gasteiger partial charge in [-0.1, -0.05) is 19.3 Å². The maximum absolute atomic E-state index is 13.3. The van der Waals surface area contributed by atoms with Crippen molar-refractivity contribution >= 4 is 27.5 Å². The van der Waals surface area contributed by atoms with E-state index in [0.717, 1.165) is 55.2 Å². The third-order valence-electron chi connectivity index (χ3n) is 6.40. The number of rotatable bonds is 4. The molecule has 0 radical (unpaired) electrons. The molecule has 1 saturated carbocycles. The van der Waals surface area contributed by atoms with Gasteiger partial charge in [-0.15, -0.1) is 11.3 Å². The van der Waals surface area contributed by atoms with E-state index in [0.29, 0.717) is 17.9 Å². The van der Waals surface area contributed by atoms with Crippen LogP contribution in [0.4, 0.5) is 0 Å². The van der Waals surface area contributed by atoms with Crippen molar-refractivity contribution in [2.45, 2.75) is 70.4 Å². The molecule has 2 aliphatic rings. The largest absolute Gasteiger partial charge is 0.328 e. The Morgan fingerprint density at radius 1 is 1.10 bits per heavy atom. The SMILES string of the molecule is O=C(c1ccncc1)N(Cc1nc2sc3c(c2c(=O)[nH]1)CCCC3)C1CCCCC1. The first kappa shape index (κ1) is 19.4. The quantitative estimate of drug-likeness (QED) is 0.682. The second-order valence-electron chi connectivity index (χ2n) is 8.36. The van der Waals surface area contributed by atoms with Gasteiger partial charge in [-0.25, -0.2) is 4.98 Å². The number of hydrogen-bond acceptors (Lipinski definition) is 5. The van der Waals surface area contributed by atoms with Crippen LogP contribution in [0.5, 0.6) is 0 Å². The van der Waals surface area contributed by atoms with Gasteiger partial charge in [-0.2, -0.15) is 0 Å². The average molecular weight is 423 g/mol. The summed E-state index contributed by atoms with van der Waals surface area (Å²) < 4.78 is 0. The van der Waals surface area contributed by atoms with E-state index in [1.807, 2.05) is 4.90 Å². The van der Waals surface area contributed by atoms with Gasteiger partial charge in [0.15, 0.2) is 0 Å². The third-order valence-corrected chi connectivity index (χ3v) is 7.58. The minimum absolute atomic E-state index is 0.0162. The van der Waals surface area contributed by atoms with Crippen LogP contribution in [0.2, 0.25) is 0 Å². The Balaban J connectivity index is 1.50.